The van der Waals surface area contributed by atoms with Crippen LogP contribution in [0.2, 0.25) is 0 Å². The maximum Gasteiger partial charge on any atom is 0.523 e. The number of hydrogen-bond donors (Lipinski definition) is 0. The van der Waals surface area contributed by atoms with Crippen molar-refractivity contribution >= 4 is 10.1 Å². The molecule has 0 aliphatic carbocycles. The van der Waals surface area contributed by atoms with Crippen molar-refractivity contribution < 1.29 is 25.8 Å². The highest BCUT2D eigenvalue weighted by Gasteiger charge is 2.47. The van der Waals surface area contributed by atoms with Gasteiger partial charge in [0.05, 0.1) is 6.61 Å². The minimum absolute atomic E-state index is 0.323. The quantitative estimate of drug-likeness (QED) is 0.458. The fourth-order valence-corrected chi connectivity index (χ4v) is 1.55. The number of halogens is 3. The Bertz CT molecular complexity index is 408. The average Bonchev–Trinajstić information content (AvgIpc) is 2.40. The lowest BCUT2D eigenvalue weighted by Crippen LogP contribution is -2.25. The summed E-state index contributed by atoms with van der Waals surface area (Å²) in [5.74, 6) is 0. The molecule has 1 aromatic heterocycles. The molecule has 8 heteroatoms. The Kier molecular flexibility index (Phi) is 9.15. The zero-order valence-corrected chi connectivity index (χ0v) is 12.0. The topological polar surface area (TPSA) is 56.3 Å². The average molecular weight is 313 g/mol. The van der Waals surface area contributed by atoms with E-state index in [1.807, 2.05) is 25.1 Å². The summed E-state index contributed by atoms with van der Waals surface area (Å²) in [6.45, 7) is 1.54. The van der Waals surface area contributed by atoms with Crippen LogP contribution in [-0.4, -0.2) is 25.5 Å². The Morgan fingerprint density at radius 1 is 1.05 bits per heavy atom. The number of hydrogen-bond acceptors (Lipinski definition) is 4. The van der Waals surface area contributed by atoms with Crippen molar-refractivity contribution in [2.75, 3.05) is 6.61 Å². The molecule has 0 unspecified atom stereocenters. The minimum atomic E-state index is -5.38. The van der Waals surface area contributed by atoms with Crippen molar-refractivity contribution in [3.63, 3.8) is 0 Å². The van der Waals surface area contributed by atoms with Gasteiger partial charge in [0, 0.05) is 12.4 Å². The highest BCUT2D eigenvalue weighted by molar-refractivity contribution is 7.87. The van der Waals surface area contributed by atoms with Gasteiger partial charge >= 0.3 is 15.6 Å². The molecule has 0 radical (unpaired) electrons. The molecular weight excluding hydrogens is 295 g/mol. The molecule has 0 saturated carbocycles. The Morgan fingerprint density at radius 3 is 2.00 bits per heavy atom. The maximum atomic E-state index is 11.7. The molecule has 0 saturated heterocycles. The van der Waals surface area contributed by atoms with Crippen LogP contribution in [0.1, 0.15) is 32.6 Å². The predicted octanol–water partition coefficient (Wildman–Crippen LogP) is 3.51. The lowest BCUT2D eigenvalue weighted by atomic mass is 10.2. The van der Waals surface area contributed by atoms with Crippen molar-refractivity contribution in [3.8, 4) is 0 Å². The largest absolute Gasteiger partial charge is 0.523 e. The fraction of sp³-hybridized carbons (Fsp3) is 0.583. The molecular formula is C12H18F3NO3S. The summed E-state index contributed by atoms with van der Waals surface area (Å²) >= 11 is 0. The summed E-state index contributed by atoms with van der Waals surface area (Å²) in [5, 5.41) is 0. The molecule has 0 spiro atoms. The first-order valence-corrected chi connectivity index (χ1v) is 7.52. The van der Waals surface area contributed by atoms with Crippen molar-refractivity contribution in [2.24, 2.45) is 0 Å². The van der Waals surface area contributed by atoms with E-state index in [2.05, 4.69) is 9.17 Å². The van der Waals surface area contributed by atoms with Crippen molar-refractivity contribution in [2.45, 2.75) is 38.1 Å². The van der Waals surface area contributed by atoms with E-state index in [1.165, 1.54) is 0 Å². The lowest BCUT2D eigenvalue weighted by Gasteiger charge is -2.07. The van der Waals surface area contributed by atoms with E-state index in [4.69, 9.17) is 0 Å². The number of nitrogens with zero attached hydrogens (tertiary/aromatic N) is 1. The molecule has 4 nitrogen and oxygen atoms in total. The first-order chi connectivity index (χ1) is 9.31. The number of rotatable bonds is 6. The van der Waals surface area contributed by atoms with E-state index in [0.29, 0.717) is 12.8 Å². The van der Waals surface area contributed by atoms with Crippen LogP contribution in [0.4, 0.5) is 13.2 Å². The maximum absolute atomic E-state index is 11.7. The first-order valence-electron chi connectivity index (χ1n) is 6.12. The summed E-state index contributed by atoms with van der Waals surface area (Å²) < 4.78 is 59.6. The van der Waals surface area contributed by atoms with Crippen LogP contribution < -0.4 is 0 Å². The molecule has 1 rings (SSSR count). The summed E-state index contributed by atoms with van der Waals surface area (Å²) in [4.78, 5) is 3.78. The van der Waals surface area contributed by atoms with E-state index >= 15 is 0 Å². The molecule has 0 aliphatic heterocycles. The number of alkyl halides is 3. The number of aromatic nitrogens is 1. The number of unbranched alkanes of at least 4 members (excludes halogenated alkanes) is 3. The van der Waals surface area contributed by atoms with Gasteiger partial charge in [0.15, 0.2) is 0 Å². The molecule has 0 aliphatic rings. The molecule has 0 atom stereocenters. The molecule has 0 fully saturated rings. The minimum Gasteiger partial charge on any atom is -0.265 e. The van der Waals surface area contributed by atoms with E-state index in [0.717, 1.165) is 12.8 Å². The second-order valence-corrected chi connectivity index (χ2v) is 5.41. The zero-order chi connectivity index (χ0) is 15.5. The van der Waals surface area contributed by atoms with Crippen molar-refractivity contribution in [1.29, 1.82) is 0 Å². The Balaban J connectivity index is 0.000000493. The van der Waals surface area contributed by atoms with E-state index < -0.39 is 22.2 Å². The highest BCUT2D eigenvalue weighted by Crippen LogP contribution is 2.24. The van der Waals surface area contributed by atoms with Gasteiger partial charge in [-0.2, -0.15) is 21.6 Å². The third kappa shape index (κ3) is 8.87. The lowest BCUT2D eigenvalue weighted by molar-refractivity contribution is -0.0542. The second kappa shape index (κ2) is 9.71. The van der Waals surface area contributed by atoms with Gasteiger partial charge in [-0.3, -0.25) is 9.17 Å². The smallest absolute Gasteiger partial charge is 0.265 e. The van der Waals surface area contributed by atoms with Gasteiger partial charge in [0.2, 0.25) is 0 Å². The van der Waals surface area contributed by atoms with Crippen LogP contribution >= 0.6 is 0 Å². The summed E-state index contributed by atoms with van der Waals surface area (Å²) in [5.41, 5.74) is -5.31. The summed E-state index contributed by atoms with van der Waals surface area (Å²) in [6.07, 6.45) is 6.27. The molecule has 0 aromatic carbocycles. The van der Waals surface area contributed by atoms with Crippen LogP contribution in [0.25, 0.3) is 0 Å². The van der Waals surface area contributed by atoms with Gasteiger partial charge in [-0.15, -0.1) is 0 Å². The molecule has 0 amide bonds. The van der Waals surface area contributed by atoms with Crippen molar-refractivity contribution in [3.05, 3.63) is 30.6 Å². The molecule has 1 aromatic rings. The Labute approximate surface area is 117 Å². The molecule has 20 heavy (non-hydrogen) atoms. The van der Waals surface area contributed by atoms with Gasteiger partial charge in [-0.05, 0) is 18.6 Å². The van der Waals surface area contributed by atoms with E-state index in [-0.39, 0.29) is 0 Å². The zero-order valence-electron chi connectivity index (χ0n) is 11.1. The van der Waals surface area contributed by atoms with Gasteiger partial charge in [-0.1, -0.05) is 32.3 Å². The fourth-order valence-electron chi connectivity index (χ4n) is 1.08. The third-order valence-corrected chi connectivity index (χ3v) is 3.13. The first kappa shape index (κ1) is 18.9. The van der Waals surface area contributed by atoms with Crippen LogP contribution in [-0.2, 0) is 14.3 Å². The highest BCUT2D eigenvalue weighted by atomic mass is 32.2. The van der Waals surface area contributed by atoms with Gasteiger partial charge in [0.1, 0.15) is 0 Å². The standard InChI is InChI=1S/C7H13F3O3S.C5H5N/c1-2-3-4-5-6-13-14(11,12)7(8,9)10;1-2-4-6-5-3-1/h2-6H2,1H3;1-5H. The third-order valence-electron chi connectivity index (χ3n) is 2.09. The second-order valence-electron chi connectivity index (χ2n) is 3.81. The summed E-state index contributed by atoms with van der Waals surface area (Å²) in [6, 6.07) is 5.72. The predicted molar refractivity (Wildman–Crippen MR) is 69.3 cm³/mol. The van der Waals surface area contributed by atoms with Crippen LogP contribution in [0.5, 0.6) is 0 Å². The summed E-state index contributed by atoms with van der Waals surface area (Å²) in [7, 11) is -5.38. The molecule has 116 valence electrons. The molecule has 1 heterocycles. The van der Waals surface area contributed by atoms with Gasteiger partial charge < -0.3 is 0 Å². The SMILES string of the molecule is CCCCCCOS(=O)(=O)C(F)(F)F.c1ccncc1. The Hall–Kier alpha value is -1.15. The van der Waals surface area contributed by atoms with Crippen LogP contribution in [0.15, 0.2) is 30.6 Å². The molecule has 0 bridgehead atoms. The van der Waals surface area contributed by atoms with E-state index in [9.17, 15) is 21.6 Å². The van der Waals surface area contributed by atoms with Crippen molar-refractivity contribution in [1.82, 2.24) is 4.98 Å². The van der Waals surface area contributed by atoms with Gasteiger partial charge in [-0.25, -0.2) is 0 Å². The monoisotopic (exact) mass is 313 g/mol. The number of pyridine rings is 1. The van der Waals surface area contributed by atoms with E-state index in [1.54, 1.807) is 12.4 Å². The van der Waals surface area contributed by atoms with Gasteiger partial charge in [0.25, 0.3) is 0 Å². The molecule has 0 N–H and O–H groups in total. The van der Waals surface area contributed by atoms with Crippen LogP contribution in [0.3, 0.4) is 0 Å². The normalized spacial score (nSPS) is 11.6. The van der Waals surface area contributed by atoms with Crippen LogP contribution in [0, 0.1) is 0 Å². The Morgan fingerprint density at radius 2 is 1.65 bits per heavy atom.